The Hall–Kier alpha value is -3.66. The number of piperazine rings is 1. The summed E-state index contributed by atoms with van der Waals surface area (Å²) in [6.07, 6.45) is 0.204. The molecule has 1 aliphatic heterocycles. The molecule has 0 aromatic heterocycles. The van der Waals surface area contributed by atoms with E-state index in [0.29, 0.717) is 28.0 Å². The van der Waals surface area contributed by atoms with E-state index in [9.17, 15) is 19.2 Å². The van der Waals surface area contributed by atoms with E-state index in [1.165, 1.54) is 19.2 Å². The molecule has 7 heteroatoms. The van der Waals surface area contributed by atoms with Gasteiger partial charge in [-0.3, -0.25) is 9.59 Å². The summed E-state index contributed by atoms with van der Waals surface area (Å²) >= 11 is 0. The highest BCUT2D eigenvalue weighted by Crippen LogP contribution is 2.32. The summed E-state index contributed by atoms with van der Waals surface area (Å²) in [6.45, 7) is 3.26. The molecule has 3 rings (SSSR count). The minimum atomic E-state index is -1.20. The topological polar surface area (TPSA) is 91.2 Å². The first kappa shape index (κ1) is 20.1. The second-order valence-corrected chi connectivity index (χ2v) is 7.04. The number of nitrogens with one attached hydrogen (secondary N) is 2. The average molecular weight is 393 g/mol. The molecule has 148 valence electrons. The molecule has 2 N–H and O–H groups in total. The van der Waals surface area contributed by atoms with E-state index in [1.807, 2.05) is 0 Å². The van der Waals surface area contributed by atoms with Crippen LogP contribution in [0.15, 0.2) is 48.2 Å². The average Bonchev–Trinajstić information content (AvgIpc) is 2.71. The lowest BCUT2D eigenvalue weighted by Gasteiger charge is -2.35. The summed E-state index contributed by atoms with van der Waals surface area (Å²) in [5.74, 6) is -0.816. The van der Waals surface area contributed by atoms with E-state index >= 15 is 0 Å². The number of allylic oxidation sites excluding steroid dienone is 1. The third kappa shape index (κ3) is 3.83. The lowest BCUT2D eigenvalue weighted by molar-refractivity contribution is -0.135. The molecule has 0 aliphatic carbocycles. The molecule has 1 aliphatic rings. The lowest BCUT2D eigenvalue weighted by atomic mass is 9.88. The highest BCUT2D eigenvalue weighted by Gasteiger charge is 2.41. The van der Waals surface area contributed by atoms with Gasteiger partial charge in [-0.05, 0) is 49.2 Å². The van der Waals surface area contributed by atoms with Crippen molar-refractivity contribution in [3.8, 4) is 11.8 Å². The van der Waals surface area contributed by atoms with Crippen molar-refractivity contribution in [2.45, 2.75) is 25.8 Å². The lowest BCUT2D eigenvalue weighted by Crippen LogP contribution is -2.64. The van der Waals surface area contributed by atoms with Crippen LogP contribution < -0.4 is 15.4 Å². The van der Waals surface area contributed by atoms with Crippen LogP contribution in [-0.2, 0) is 16.0 Å². The van der Waals surface area contributed by atoms with Crippen LogP contribution in [0.5, 0.6) is 5.75 Å². The maximum Gasteiger partial charge on any atom is 0.268 e. The number of hydrogen-bond donors (Lipinski definition) is 2. The van der Waals surface area contributed by atoms with E-state index in [1.54, 1.807) is 44.2 Å². The smallest absolute Gasteiger partial charge is 0.268 e. The van der Waals surface area contributed by atoms with Gasteiger partial charge >= 0.3 is 0 Å². The summed E-state index contributed by atoms with van der Waals surface area (Å²) in [5.41, 5.74) is 0.782. The van der Waals surface area contributed by atoms with Crippen LogP contribution in [0, 0.1) is 17.1 Å². The van der Waals surface area contributed by atoms with Crippen molar-refractivity contribution in [3.05, 3.63) is 70.7 Å². The number of methoxy groups -OCH3 is 1. The van der Waals surface area contributed by atoms with Gasteiger partial charge in [-0.15, -0.1) is 0 Å². The van der Waals surface area contributed by atoms with Crippen LogP contribution in [-0.4, -0.2) is 24.5 Å². The number of amides is 2. The Morgan fingerprint density at radius 3 is 2.52 bits per heavy atom. The highest BCUT2D eigenvalue weighted by molar-refractivity contribution is 6.11. The molecule has 0 bridgehead atoms. The van der Waals surface area contributed by atoms with Crippen molar-refractivity contribution in [1.29, 1.82) is 5.26 Å². The van der Waals surface area contributed by atoms with Gasteiger partial charge in [-0.2, -0.15) is 5.26 Å². The summed E-state index contributed by atoms with van der Waals surface area (Å²) in [6, 6.07) is 12.8. The highest BCUT2D eigenvalue weighted by atomic mass is 19.1. The van der Waals surface area contributed by atoms with Gasteiger partial charge in [0.05, 0.1) is 18.7 Å². The summed E-state index contributed by atoms with van der Waals surface area (Å²) in [7, 11) is 1.47. The van der Waals surface area contributed by atoms with Crippen LogP contribution in [0.25, 0.3) is 5.57 Å². The largest absolute Gasteiger partial charge is 0.496 e. The number of halogens is 1. The Morgan fingerprint density at radius 1 is 1.21 bits per heavy atom. The summed E-state index contributed by atoms with van der Waals surface area (Å²) in [4.78, 5) is 25.7. The monoisotopic (exact) mass is 393 g/mol. The van der Waals surface area contributed by atoms with Gasteiger partial charge in [0.1, 0.15) is 22.8 Å². The van der Waals surface area contributed by atoms with Gasteiger partial charge in [-0.1, -0.05) is 18.2 Å². The molecule has 0 spiro atoms. The first-order valence-corrected chi connectivity index (χ1v) is 8.96. The number of rotatable bonds is 4. The molecule has 2 aromatic carbocycles. The molecule has 6 nitrogen and oxygen atoms in total. The number of hydrogen-bond acceptors (Lipinski definition) is 4. The first-order chi connectivity index (χ1) is 13.8. The van der Waals surface area contributed by atoms with Crippen LogP contribution in [0.3, 0.4) is 0 Å². The Morgan fingerprint density at radius 2 is 1.90 bits per heavy atom. The zero-order valence-electron chi connectivity index (χ0n) is 16.3. The van der Waals surface area contributed by atoms with Crippen molar-refractivity contribution < 1.29 is 18.7 Å². The van der Waals surface area contributed by atoms with Crippen LogP contribution in [0.1, 0.15) is 30.5 Å². The standard InChI is InChI=1S/C22H20FN3O3/c1-13(18-15(12-24)5-4-6-17(18)29-3)19-20(27)26-22(2,21(28)25-19)11-14-7-9-16(23)10-8-14/h4-10H,11H2,1-3H3,(H,25,28)(H,26,27). The molecule has 1 fully saturated rings. The molecule has 2 aromatic rings. The minimum Gasteiger partial charge on any atom is -0.496 e. The van der Waals surface area contributed by atoms with Crippen LogP contribution in [0.4, 0.5) is 4.39 Å². The van der Waals surface area contributed by atoms with Crippen molar-refractivity contribution >= 4 is 17.4 Å². The van der Waals surface area contributed by atoms with Gasteiger partial charge in [0.25, 0.3) is 5.91 Å². The van der Waals surface area contributed by atoms with E-state index in [-0.39, 0.29) is 17.9 Å². The van der Waals surface area contributed by atoms with Gasteiger partial charge in [0.15, 0.2) is 0 Å². The maximum absolute atomic E-state index is 13.1. The molecule has 29 heavy (non-hydrogen) atoms. The van der Waals surface area contributed by atoms with Crippen molar-refractivity contribution in [2.75, 3.05) is 7.11 Å². The number of ether oxygens (including phenoxy) is 1. The Labute approximate surface area is 168 Å². The molecule has 1 unspecified atom stereocenters. The van der Waals surface area contributed by atoms with E-state index in [4.69, 9.17) is 4.74 Å². The Bertz CT molecular complexity index is 1050. The zero-order chi connectivity index (χ0) is 21.2. The molecule has 2 amide bonds. The molecule has 1 saturated heterocycles. The number of carbonyl (C=O) groups is 2. The van der Waals surface area contributed by atoms with E-state index in [0.717, 1.165) is 0 Å². The van der Waals surface area contributed by atoms with Gasteiger partial charge < -0.3 is 15.4 Å². The van der Waals surface area contributed by atoms with Crippen molar-refractivity contribution in [3.63, 3.8) is 0 Å². The number of benzene rings is 2. The predicted molar refractivity (Wildman–Crippen MR) is 105 cm³/mol. The molecular formula is C22H20FN3O3. The first-order valence-electron chi connectivity index (χ1n) is 8.96. The third-order valence-electron chi connectivity index (χ3n) is 4.94. The minimum absolute atomic E-state index is 0.0626. The Balaban J connectivity index is 1.96. The van der Waals surface area contributed by atoms with Gasteiger partial charge in [0, 0.05) is 12.0 Å². The van der Waals surface area contributed by atoms with Crippen LogP contribution in [0.2, 0.25) is 0 Å². The van der Waals surface area contributed by atoms with Gasteiger partial charge in [-0.25, -0.2) is 4.39 Å². The summed E-state index contributed by atoms with van der Waals surface area (Å²) < 4.78 is 18.5. The predicted octanol–water partition coefficient (Wildman–Crippen LogP) is 2.68. The van der Waals surface area contributed by atoms with Crippen LogP contribution >= 0.6 is 0 Å². The second kappa shape index (κ2) is 7.76. The Kier molecular flexibility index (Phi) is 5.37. The quantitative estimate of drug-likeness (QED) is 0.782. The fourth-order valence-corrected chi connectivity index (χ4v) is 3.38. The molecule has 1 heterocycles. The van der Waals surface area contributed by atoms with E-state index in [2.05, 4.69) is 16.7 Å². The molecule has 1 atom stereocenters. The van der Waals surface area contributed by atoms with Gasteiger partial charge in [0.2, 0.25) is 5.91 Å². The van der Waals surface area contributed by atoms with Crippen molar-refractivity contribution in [2.24, 2.45) is 0 Å². The SMILES string of the molecule is COc1cccc(C#N)c1C(C)=C1NC(=O)C(C)(Cc2ccc(F)cc2)NC1=O. The fourth-order valence-electron chi connectivity index (χ4n) is 3.38. The normalized spacial score (nSPS) is 20.4. The zero-order valence-corrected chi connectivity index (χ0v) is 16.3. The fraction of sp³-hybridized carbons (Fsp3) is 0.227. The second-order valence-electron chi connectivity index (χ2n) is 7.04. The number of carbonyl (C=O) groups excluding carboxylic acids is 2. The number of nitrogens with zero attached hydrogens (tertiary/aromatic N) is 1. The summed E-state index contributed by atoms with van der Waals surface area (Å²) in [5, 5.41) is 14.9. The number of nitriles is 1. The third-order valence-corrected chi connectivity index (χ3v) is 4.94. The van der Waals surface area contributed by atoms with Crippen molar-refractivity contribution in [1.82, 2.24) is 10.6 Å². The maximum atomic E-state index is 13.1. The molecule has 0 radical (unpaired) electrons. The molecular weight excluding hydrogens is 373 g/mol. The van der Waals surface area contributed by atoms with E-state index < -0.39 is 17.4 Å². The molecule has 0 saturated carbocycles.